The quantitative estimate of drug-likeness (QED) is 0.831. The van der Waals surface area contributed by atoms with Gasteiger partial charge in [-0.05, 0) is 37.5 Å². The molecule has 2 rings (SSSR count). The van der Waals surface area contributed by atoms with Gasteiger partial charge in [-0.3, -0.25) is 4.90 Å². The molecule has 2 aliphatic rings. The molecule has 17 heavy (non-hydrogen) atoms. The molecule has 3 unspecified atom stereocenters. The number of ether oxygens (including phenoxy) is 1. The van der Waals surface area contributed by atoms with Gasteiger partial charge in [0.2, 0.25) is 0 Å². The summed E-state index contributed by atoms with van der Waals surface area (Å²) >= 11 is 2.08. The van der Waals surface area contributed by atoms with Crippen LogP contribution >= 0.6 is 11.8 Å². The van der Waals surface area contributed by atoms with Gasteiger partial charge >= 0.3 is 0 Å². The fourth-order valence-corrected chi connectivity index (χ4v) is 4.92. The third kappa shape index (κ3) is 2.65. The highest BCUT2D eigenvalue weighted by Gasteiger charge is 2.45. The van der Waals surface area contributed by atoms with E-state index in [9.17, 15) is 0 Å². The van der Waals surface area contributed by atoms with Crippen LogP contribution in [0.15, 0.2) is 0 Å². The van der Waals surface area contributed by atoms with Crippen LogP contribution in [0, 0.1) is 5.92 Å². The van der Waals surface area contributed by atoms with Crippen molar-refractivity contribution in [3.63, 3.8) is 0 Å². The molecule has 0 aromatic heterocycles. The summed E-state index contributed by atoms with van der Waals surface area (Å²) in [7, 11) is 1.81. The number of methoxy groups -OCH3 is 1. The molecule has 0 aromatic carbocycles. The number of nitrogens with zero attached hydrogens (tertiary/aromatic N) is 1. The van der Waals surface area contributed by atoms with Crippen LogP contribution in [0.2, 0.25) is 0 Å². The fourth-order valence-electron chi connectivity index (χ4n) is 3.42. The van der Waals surface area contributed by atoms with Crippen LogP contribution in [0.3, 0.4) is 0 Å². The van der Waals surface area contributed by atoms with Crippen LogP contribution in [0.25, 0.3) is 0 Å². The SMILES string of the molecule is COCC1CCCN(C2(CN)CCSC2C)C1. The lowest BCUT2D eigenvalue weighted by molar-refractivity contribution is 0.0244. The normalized spacial score (nSPS) is 39.7. The predicted octanol–water partition coefficient (Wildman–Crippen LogP) is 1.57. The molecule has 4 heteroatoms. The van der Waals surface area contributed by atoms with Crippen LogP contribution in [0.5, 0.6) is 0 Å². The maximum atomic E-state index is 6.12. The maximum Gasteiger partial charge on any atom is 0.0502 e. The molecule has 0 bridgehead atoms. The summed E-state index contributed by atoms with van der Waals surface area (Å²) in [6, 6.07) is 0. The monoisotopic (exact) mass is 258 g/mol. The molecule has 3 atom stereocenters. The summed E-state index contributed by atoms with van der Waals surface area (Å²) in [6.07, 6.45) is 3.87. The highest BCUT2D eigenvalue weighted by Crippen LogP contribution is 2.41. The summed E-state index contributed by atoms with van der Waals surface area (Å²) in [5.41, 5.74) is 6.38. The summed E-state index contributed by atoms with van der Waals surface area (Å²) in [5.74, 6) is 1.97. The Labute approximate surface area is 109 Å². The Kier molecular flexibility index (Phi) is 4.75. The van der Waals surface area contributed by atoms with E-state index in [0.29, 0.717) is 11.2 Å². The van der Waals surface area contributed by atoms with Gasteiger partial charge < -0.3 is 10.5 Å². The first kappa shape index (κ1) is 13.7. The number of piperidine rings is 1. The zero-order valence-corrected chi connectivity index (χ0v) is 12.0. The number of hydrogen-bond donors (Lipinski definition) is 1. The van der Waals surface area contributed by atoms with Gasteiger partial charge in [0.05, 0.1) is 6.61 Å². The van der Waals surface area contributed by atoms with Crippen molar-refractivity contribution in [2.24, 2.45) is 11.7 Å². The Morgan fingerprint density at radius 2 is 2.35 bits per heavy atom. The molecule has 0 amide bonds. The molecule has 2 aliphatic heterocycles. The molecular formula is C13H26N2OS. The predicted molar refractivity (Wildman–Crippen MR) is 74.5 cm³/mol. The van der Waals surface area contributed by atoms with Gasteiger partial charge in [0.15, 0.2) is 0 Å². The van der Waals surface area contributed by atoms with Crippen LogP contribution in [0.4, 0.5) is 0 Å². The van der Waals surface area contributed by atoms with Crippen LogP contribution in [-0.2, 0) is 4.74 Å². The van der Waals surface area contributed by atoms with E-state index < -0.39 is 0 Å². The van der Waals surface area contributed by atoms with Gasteiger partial charge in [0, 0.05) is 31.0 Å². The first-order valence-electron chi connectivity index (χ1n) is 6.78. The third-order valence-corrected chi connectivity index (χ3v) is 5.94. The fraction of sp³-hybridized carbons (Fsp3) is 1.00. The summed E-state index contributed by atoms with van der Waals surface area (Å²) in [4.78, 5) is 2.67. The Morgan fingerprint density at radius 3 is 2.94 bits per heavy atom. The second-order valence-electron chi connectivity index (χ2n) is 5.48. The van der Waals surface area contributed by atoms with Crippen molar-refractivity contribution in [2.75, 3.05) is 39.1 Å². The third-order valence-electron chi connectivity index (χ3n) is 4.56. The van der Waals surface area contributed by atoms with Crippen molar-refractivity contribution < 1.29 is 4.74 Å². The zero-order valence-electron chi connectivity index (χ0n) is 11.2. The van der Waals surface area contributed by atoms with Crippen molar-refractivity contribution in [3.8, 4) is 0 Å². The Hall–Kier alpha value is 0.230. The van der Waals surface area contributed by atoms with E-state index in [2.05, 4.69) is 23.6 Å². The Bertz CT molecular complexity index is 250. The van der Waals surface area contributed by atoms with E-state index in [0.717, 1.165) is 13.2 Å². The minimum absolute atomic E-state index is 0.261. The highest BCUT2D eigenvalue weighted by molar-refractivity contribution is 8.00. The summed E-state index contributed by atoms with van der Waals surface area (Å²) in [5, 5.41) is 0.675. The topological polar surface area (TPSA) is 38.5 Å². The molecule has 2 fully saturated rings. The lowest BCUT2D eigenvalue weighted by Gasteiger charge is -2.47. The second-order valence-corrected chi connectivity index (χ2v) is 6.93. The molecule has 0 radical (unpaired) electrons. The summed E-state index contributed by atoms with van der Waals surface area (Å²) < 4.78 is 5.32. The van der Waals surface area contributed by atoms with Crippen molar-refractivity contribution in [1.29, 1.82) is 0 Å². The minimum Gasteiger partial charge on any atom is -0.384 e. The van der Waals surface area contributed by atoms with Crippen LogP contribution in [-0.4, -0.2) is 54.8 Å². The van der Waals surface area contributed by atoms with Gasteiger partial charge in [-0.15, -0.1) is 0 Å². The molecule has 2 N–H and O–H groups in total. The number of thioether (sulfide) groups is 1. The van der Waals surface area contributed by atoms with Gasteiger partial charge in [-0.25, -0.2) is 0 Å². The standard InChI is InChI=1S/C13H26N2OS/c1-11-13(10-14,5-7-17-11)15-6-3-4-12(8-15)9-16-2/h11-12H,3-10,14H2,1-2H3. The molecule has 3 nitrogen and oxygen atoms in total. The number of hydrogen-bond acceptors (Lipinski definition) is 4. The highest BCUT2D eigenvalue weighted by atomic mass is 32.2. The largest absolute Gasteiger partial charge is 0.384 e. The van der Waals surface area contributed by atoms with Gasteiger partial charge in [-0.1, -0.05) is 6.92 Å². The van der Waals surface area contributed by atoms with E-state index in [1.807, 2.05) is 7.11 Å². The lowest BCUT2D eigenvalue weighted by Crippen LogP contribution is -2.60. The molecular weight excluding hydrogens is 232 g/mol. The van der Waals surface area contributed by atoms with E-state index in [-0.39, 0.29) is 5.54 Å². The van der Waals surface area contributed by atoms with Crippen LogP contribution < -0.4 is 5.73 Å². The molecule has 0 saturated carbocycles. The first-order valence-corrected chi connectivity index (χ1v) is 7.83. The molecule has 2 saturated heterocycles. The molecule has 0 aliphatic carbocycles. The lowest BCUT2D eigenvalue weighted by atomic mass is 9.86. The molecule has 100 valence electrons. The summed E-state index contributed by atoms with van der Waals surface area (Å²) in [6.45, 7) is 6.46. The van der Waals surface area contributed by atoms with Gasteiger partial charge in [0.25, 0.3) is 0 Å². The average molecular weight is 258 g/mol. The number of rotatable bonds is 4. The first-order chi connectivity index (χ1) is 8.23. The Morgan fingerprint density at radius 1 is 1.53 bits per heavy atom. The van der Waals surface area contributed by atoms with Crippen molar-refractivity contribution in [3.05, 3.63) is 0 Å². The second kappa shape index (κ2) is 5.91. The smallest absolute Gasteiger partial charge is 0.0502 e. The van der Waals surface area contributed by atoms with Crippen LogP contribution in [0.1, 0.15) is 26.2 Å². The van der Waals surface area contributed by atoms with E-state index >= 15 is 0 Å². The van der Waals surface area contributed by atoms with Gasteiger partial charge in [-0.2, -0.15) is 11.8 Å². The zero-order chi connectivity index (χ0) is 12.3. The van der Waals surface area contributed by atoms with E-state index in [1.165, 1.54) is 38.1 Å². The number of likely N-dealkylation sites (tertiary alicyclic amines) is 1. The van der Waals surface area contributed by atoms with Crippen molar-refractivity contribution in [1.82, 2.24) is 4.90 Å². The average Bonchev–Trinajstić information content (AvgIpc) is 2.72. The molecule has 2 heterocycles. The molecule has 0 aromatic rings. The molecule has 0 spiro atoms. The maximum absolute atomic E-state index is 6.12. The van der Waals surface area contributed by atoms with E-state index in [4.69, 9.17) is 10.5 Å². The van der Waals surface area contributed by atoms with E-state index in [1.54, 1.807) is 0 Å². The minimum atomic E-state index is 0.261. The number of nitrogens with two attached hydrogens (primary N) is 1. The van der Waals surface area contributed by atoms with Crippen molar-refractivity contribution in [2.45, 2.75) is 37.0 Å². The van der Waals surface area contributed by atoms with Gasteiger partial charge in [0.1, 0.15) is 0 Å². The Balaban J connectivity index is 2.04. The van der Waals surface area contributed by atoms with Crippen molar-refractivity contribution >= 4 is 11.8 Å².